The van der Waals surface area contributed by atoms with Gasteiger partial charge < -0.3 is 0 Å². The number of rotatable bonds is 7. The summed E-state index contributed by atoms with van der Waals surface area (Å²) in [7, 11) is -4.17. The van der Waals surface area contributed by atoms with E-state index in [4.69, 9.17) is 11.6 Å². The molecule has 0 aromatic heterocycles. The zero-order chi connectivity index (χ0) is 22.6. The van der Waals surface area contributed by atoms with Gasteiger partial charge in [-0.3, -0.25) is 20.3 Å². The number of anilines is 2. The second kappa shape index (κ2) is 9.46. The average molecular weight is 524 g/mol. The van der Waals surface area contributed by atoms with Gasteiger partial charge in [0.2, 0.25) is 0 Å². The molecule has 0 amide bonds. The number of hydrogen-bond donors (Lipinski definition) is 2. The van der Waals surface area contributed by atoms with Crippen LogP contribution in [0.5, 0.6) is 0 Å². The number of nitrogens with zero attached hydrogens (tertiary/aromatic N) is 2. The molecule has 0 saturated carbocycles. The maximum Gasteiger partial charge on any atom is 0.270 e. The van der Waals surface area contributed by atoms with Crippen molar-refractivity contribution in [3.63, 3.8) is 0 Å². The molecule has 11 heteroatoms. The molecule has 0 fully saturated rings. The maximum atomic E-state index is 13.0. The van der Waals surface area contributed by atoms with E-state index in [9.17, 15) is 18.5 Å². The van der Waals surface area contributed by atoms with Crippen molar-refractivity contribution in [3.8, 4) is 0 Å². The van der Waals surface area contributed by atoms with Crippen molar-refractivity contribution in [3.05, 3.63) is 91.9 Å². The Morgan fingerprint density at radius 1 is 1.10 bits per heavy atom. The lowest BCUT2D eigenvalue weighted by Gasteiger charge is -2.12. The second-order valence-corrected chi connectivity index (χ2v) is 9.37. The maximum absolute atomic E-state index is 13.0. The van der Waals surface area contributed by atoms with Crippen molar-refractivity contribution in [2.75, 3.05) is 10.1 Å². The molecule has 0 saturated heterocycles. The third-order valence-electron chi connectivity index (χ3n) is 4.15. The lowest BCUT2D eigenvalue weighted by atomic mass is 10.1. The highest BCUT2D eigenvalue weighted by atomic mass is 79.9. The number of sulfonamides is 1. The third kappa shape index (κ3) is 5.81. The molecule has 0 aliphatic rings. The molecule has 0 bridgehead atoms. The molecule has 0 unspecified atom stereocenters. The lowest BCUT2D eigenvalue weighted by Crippen LogP contribution is -2.15. The summed E-state index contributed by atoms with van der Waals surface area (Å²) in [6.07, 6.45) is 0. The van der Waals surface area contributed by atoms with E-state index in [-0.39, 0.29) is 22.0 Å². The first-order valence-corrected chi connectivity index (χ1v) is 11.4. The van der Waals surface area contributed by atoms with E-state index in [2.05, 4.69) is 31.2 Å². The number of nitro benzene ring substituents is 1. The summed E-state index contributed by atoms with van der Waals surface area (Å²) < 4.78 is 29.2. The zero-order valence-electron chi connectivity index (χ0n) is 16.0. The first-order chi connectivity index (χ1) is 14.7. The van der Waals surface area contributed by atoms with Crippen LogP contribution in [0.3, 0.4) is 0 Å². The molecule has 3 aromatic carbocycles. The van der Waals surface area contributed by atoms with E-state index in [1.54, 1.807) is 6.92 Å². The van der Waals surface area contributed by atoms with Gasteiger partial charge in [-0.05, 0) is 55.0 Å². The Bertz CT molecular complexity index is 1260. The summed E-state index contributed by atoms with van der Waals surface area (Å²) in [4.78, 5) is 10.2. The Labute approximate surface area is 192 Å². The largest absolute Gasteiger partial charge is 0.280 e. The number of nitrogens with one attached hydrogen (secondary N) is 2. The fourth-order valence-corrected chi connectivity index (χ4v) is 4.35. The van der Waals surface area contributed by atoms with E-state index < -0.39 is 14.9 Å². The van der Waals surface area contributed by atoms with Crippen LogP contribution in [0.25, 0.3) is 0 Å². The number of non-ortho nitro benzene ring substituents is 1. The standard InChI is InChI=1S/C20H16BrClN4O4S/c1-13(14-3-2-4-15(21)11-14)23-24-19-10-9-18(26(27)28)12-20(19)31(29,30)25-17-7-5-16(22)6-8-17/h2-12,24-25H,1H3. The molecule has 8 nitrogen and oxygen atoms in total. The summed E-state index contributed by atoms with van der Waals surface area (Å²) in [5.41, 5.74) is 4.09. The molecular weight excluding hydrogens is 508 g/mol. The van der Waals surface area contributed by atoms with Gasteiger partial charge in [-0.2, -0.15) is 5.10 Å². The lowest BCUT2D eigenvalue weighted by molar-refractivity contribution is -0.385. The quantitative estimate of drug-likeness (QED) is 0.236. The van der Waals surface area contributed by atoms with Crippen LogP contribution in [-0.4, -0.2) is 19.1 Å². The van der Waals surface area contributed by atoms with Crippen molar-refractivity contribution in [1.82, 2.24) is 0 Å². The van der Waals surface area contributed by atoms with Crippen LogP contribution < -0.4 is 10.1 Å². The highest BCUT2D eigenvalue weighted by molar-refractivity contribution is 9.10. The molecule has 0 atom stereocenters. The Morgan fingerprint density at radius 2 is 1.81 bits per heavy atom. The number of halogens is 2. The number of hydrazone groups is 1. The van der Waals surface area contributed by atoms with Gasteiger partial charge in [-0.1, -0.05) is 39.7 Å². The van der Waals surface area contributed by atoms with Crippen LogP contribution in [0.2, 0.25) is 5.02 Å². The van der Waals surface area contributed by atoms with Gasteiger partial charge in [0.05, 0.1) is 16.3 Å². The van der Waals surface area contributed by atoms with Crippen molar-refractivity contribution < 1.29 is 13.3 Å². The van der Waals surface area contributed by atoms with Crippen LogP contribution in [0.4, 0.5) is 17.1 Å². The monoisotopic (exact) mass is 522 g/mol. The molecule has 0 heterocycles. The summed E-state index contributed by atoms with van der Waals surface area (Å²) in [6.45, 7) is 1.75. The molecule has 160 valence electrons. The predicted molar refractivity (Wildman–Crippen MR) is 125 cm³/mol. The topological polar surface area (TPSA) is 114 Å². The molecule has 2 N–H and O–H groups in total. The summed E-state index contributed by atoms with van der Waals surface area (Å²) in [5, 5.41) is 15.9. The molecule has 0 aliphatic carbocycles. The molecule has 31 heavy (non-hydrogen) atoms. The minimum Gasteiger partial charge on any atom is -0.280 e. The van der Waals surface area contributed by atoms with Crippen LogP contribution in [0, 0.1) is 10.1 Å². The fourth-order valence-electron chi connectivity index (χ4n) is 2.59. The first kappa shape index (κ1) is 22.7. The van der Waals surface area contributed by atoms with Crippen molar-refractivity contribution in [2.24, 2.45) is 5.10 Å². The Morgan fingerprint density at radius 3 is 2.45 bits per heavy atom. The Hall–Kier alpha value is -2.95. The molecule has 0 radical (unpaired) electrons. The highest BCUT2D eigenvalue weighted by Crippen LogP contribution is 2.29. The Balaban J connectivity index is 1.98. The molecule has 3 rings (SSSR count). The highest BCUT2D eigenvalue weighted by Gasteiger charge is 2.23. The summed E-state index contributed by atoms with van der Waals surface area (Å²) >= 11 is 9.22. The smallest absolute Gasteiger partial charge is 0.270 e. The average Bonchev–Trinajstić information content (AvgIpc) is 2.73. The van der Waals surface area contributed by atoms with Crippen molar-refractivity contribution >= 4 is 60.3 Å². The number of benzene rings is 3. The zero-order valence-corrected chi connectivity index (χ0v) is 19.2. The second-order valence-electron chi connectivity index (χ2n) is 6.37. The molecule has 3 aromatic rings. The van der Waals surface area contributed by atoms with E-state index in [0.29, 0.717) is 10.7 Å². The molecule has 0 spiro atoms. The fraction of sp³-hybridized carbons (Fsp3) is 0.0500. The van der Waals surface area contributed by atoms with Gasteiger partial charge in [-0.25, -0.2) is 8.42 Å². The van der Waals surface area contributed by atoms with Crippen LogP contribution >= 0.6 is 27.5 Å². The number of hydrogen-bond acceptors (Lipinski definition) is 6. The van der Waals surface area contributed by atoms with Gasteiger partial charge >= 0.3 is 0 Å². The number of nitro groups is 1. The first-order valence-electron chi connectivity index (χ1n) is 8.79. The van der Waals surface area contributed by atoms with E-state index >= 15 is 0 Å². The van der Waals surface area contributed by atoms with Crippen LogP contribution in [-0.2, 0) is 10.0 Å². The van der Waals surface area contributed by atoms with Gasteiger partial charge in [0, 0.05) is 27.3 Å². The summed E-state index contributed by atoms with van der Waals surface area (Å²) in [5.74, 6) is 0. The van der Waals surface area contributed by atoms with Crippen LogP contribution in [0.1, 0.15) is 12.5 Å². The van der Waals surface area contributed by atoms with Gasteiger partial charge in [0.25, 0.3) is 15.7 Å². The van der Waals surface area contributed by atoms with Gasteiger partial charge in [0.15, 0.2) is 0 Å². The van der Waals surface area contributed by atoms with E-state index in [0.717, 1.165) is 16.1 Å². The van der Waals surface area contributed by atoms with E-state index in [1.807, 2.05) is 24.3 Å². The Kier molecular flexibility index (Phi) is 6.94. The third-order valence-corrected chi connectivity index (χ3v) is 6.31. The van der Waals surface area contributed by atoms with Crippen molar-refractivity contribution in [2.45, 2.75) is 11.8 Å². The predicted octanol–water partition coefficient (Wildman–Crippen LogP) is 5.65. The summed E-state index contributed by atoms with van der Waals surface area (Å²) in [6, 6.07) is 16.9. The molecule has 0 aliphatic heterocycles. The van der Waals surface area contributed by atoms with Crippen LogP contribution in [0.15, 0.2) is 81.2 Å². The van der Waals surface area contributed by atoms with Gasteiger partial charge in [-0.15, -0.1) is 0 Å². The minimum absolute atomic E-state index is 0.0846. The minimum atomic E-state index is -4.17. The van der Waals surface area contributed by atoms with Gasteiger partial charge in [0.1, 0.15) is 4.90 Å². The van der Waals surface area contributed by atoms with E-state index in [1.165, 1.54) is 36.4 Å². The normalized spacial score (nSPS) is 11.8. The molecular formula is C20H16BrClN4O4S. The van der Waals surface area contributed by atoms with Crippen molar-refractivity contribution in [1.29, 1.82) is 0 Å². The SMILES string of the molecule is CC(=NNc1ccc([N+](=O)[O-])cc1S(=O)(=O)Nc1ccc(Cl)cc1)c1cccc(Br)c1.